The van der Waals surface area contributed by atoms with E-state index < -0.39 is 0 Å². The van der Waals surface area contributed by atoms with E-state index in [1.807, 2.05) is 6.07 Å². The number of rotatable bonds is 5. The minimum Gasteiger partial charge on any atom is -0.378 e. The van der Waals surface area contributed by atoms with Gasteiger partial charge in [-0.3, -0.25) is 9.36 Å². The van der Waals surface area contributed by atoms with Gasteiger partial charge in [0.05, 0.1) is 53.9 Å². The molecule has 4 heterocycles. The fourth-order valence-electron chi connectivity index (χ4n) is 5.43. The number of hydrogen-bond acceptors (Lipinski definition) is 7. The maximum Gasteiger partial charge on any atom is 0.263 e. The molecule has 0 saturated carbocycles. The molecule has 0 unspecified atom stereocenters. The number of fused-ring (bicyclic) bond motifs is 1. The van der Waals surface area contributed by atoms with Crippen LogP contribution in [0.2, 0.25) is 5.02 Å². The molecule has 2 aromatic heterocycles. The van der Waals surface area contributed by atoms with Crippen LogP contribution >= 0.6 is 23.4 Å². The molecule has 4 aromatic rings. The number of benzene rings is 2. The van der Waals surface area contributed by atoms with Gasteiger partial charge in [-0.1, -0.05) is 41.6 Å². The molecule has 2 aromatic carbocycles. The van der Waals surface area contributed by atoms with E-state index in [4.69, 9.17) is 16.3 Å². The van der Waals surface area contributed by atoms with Crippen LogP contribution in [0.5, 0.6) is 0 Å². The lowest BCUT2D eigenvalue weighted by Gasteiger charge is -2.38. The van der Waals surface area contributed by atoms with Gasteiger partial charge in [0.2, 0.25) is 0 Å². The zero-order valence-electron chi connectivity index (χ0n) is 20.9. The highest BCUT2D eigenvalue weighted by Crippen LogP contribution is 2.42. The highest BCUT2D eigenvalue weighted by Gasteiger charge is 2.41. The lowest BCUT2D eigenvalue weighted by atomic mass is 9.77. The first-order valence-electron chi connectivity index (χ1n) is 12.7. The zero-order chi connectivity index (χ0) is 26.3. The number of anilines is 1. The average Bonchev–Trinajstić information content (AvgIpc) is 3.29. The molecule has 1 spiro atoms. The van der Waals surface area contributed by atoms with Gasteiger partial charge in [-0.05, 0) is 49.8 Å². The Morgan fingerprint density at radius 1 is 1.13 bits per heavy atom. The Bertz CT molecular complexity index is 1540. The summed E-state index contributed by atoms with van der Waals surface area (Å²) in [5.74, 6) is 0.490. The minimum atomic E-state index is -0.372. The quantitative estimate of drug-likeness (QED) is 0.321. The van der Waals surface area contributed by atoms with Crippen LogP contribution in [0.4, 0.5) is 10.2 Å². The molecule has 2 saturated heterocycles. The number of nitrogens with zero attached hydrogens (tertiary/aromatic N) is 5. The minimum absolute atomic E-state index is 0.0682. The summed E-state index contributed by atoms with van der Waals surface area (Å²) in [5.41, 5.74) is 0.884. The van der Waals surface area contributed by atoms with Crippen molar-refractivity contribution in [2.45, 2.75) is 48.8 Å². The number of hydrogen-bond donors (Lipinski definition) is 0. The van der Waals surface area contributed by atoms with Crippen molar-refractivity contribution in [3.63, 3.8) is 0 Å². The highest BCUT2D eigenvalue weighted by atomic mass is 35.5. The van der Waals surface area contributed by atoms with Gasteiger partial charge in [-0.25, -0.2) is 19.3 Å². The lowest BCUT2D eigenvalue weighted by molar-refractivity contribution is 0.0976. The monoisotopic (exact) mass is 551 g/mol. The van der Waals surface area contributed by atoms with Crippen LogP contribution in [0.1, 0.15) is 31.7 Å². The molecule has 2 aliphatic rings. The highest BCUT2D eigenvalue weighted by molar-refractivity contribution is 7.99. The first-order chi connectivity index (χ1) is 18.4. The molecule has 0 radical (unpaired) electrons. The summed E-state index contributed by atoms with van der Waals surface area (Å²) in [6, 6.07) is 9.95. The maximum atomic E-state index is 14.2. The second-order valence-electron chi connectivity index (χ2n) is 10.2. The molecule has 7 nitrogen and oxygen atoms in total. The van der Waals surface area contributed by atoms with Gasteiger partial charge in [-0.15, -0.1) is 0 Å². The van der Waals surface area contributed by atoms with Crippen LogP contribution in [0.15, 0.2) is 69.8 Å². The summed E-state index contributed by atoms with van der Waals surface area (Å²) >= 11 is 8.06. The maximum absolute atomic E-state index is 14.2. The Balaban J connectivity index is 1.19. The van der Waals surface area contributed by atoms with E-state index in [9.17, 15) is 9.18 Å². The van der Waals surface area contributed by atoms with Crippen LogP contribution in [-0.2, 0) is 11.3 Å². The number of ether oxygens (including phenoxy) is 1. The molecule has 10 heteroatoms. The van der Waals surface area contributed by atoms with Crippen molar-refractivity contribution in [1.29, 1.82) is 0 Å². The average molecular weight is 552 g/mol. The zero-order valence-corrected chi connectivity index (χ0v) is 22.5. The van der Waals surface area contributed by atoms with Crippen molar-refractivity contribution in [2.75, 3.05) is 24.6 Å². The lowest BCUT2D eigenvalue weighted by Crippen LogP contribution is -2.41. The van der Waals surface area contributed by atoms with Gasteiger partial charge >= 0.3 is 0 Å². The Kier molecular flexibility index (Phi) is 6.84. The normalized spacial score (nSPS) is 18.9. The second-order valence-corrected chi connectivity index (χ2v) is 11.6. The first kappa shape index (κ1) is 25.3. The molecule has 0 N–H and O–H groups in total. The summed E-state index contributed by atoms with van der Waals surface area (Å²) in [4.78, 5) is 29.9. The fraction of sp³-hybridized carbons (Fsp3) is 0.357. The van der Waals surface area contributed by atoms with Crippen molar-refractivity contribution >= 4 is 40.1 Å². The van der Waals surface area contributed by atoms with Gasteiger partial charge in [0.15, 0.2) is 0 Å². The van der Waals surface area contributed by atoms with Gasteiger partial charge in [0, 0.05) is 23.5 Å². The third kappa shape index (κ3) is 4.90. The third-order valence-electron chi connectivity index (χ3n) is 7.57. The van der Waals surface area contributed by atoms with Crippen LogP contribution in [0.3, 0.4) is 0 Å². The summed E-state index contributed by atoms with van der Waals surface area (Å²) in [6.45, 7) is 4.97. The Hall–Kier alpha value is -3.01. The van der Waals surface area contributed by atoms with Crippen LogP contribution in [0, 0.1) is 11.2 Å². The molecule has 0 amide bonds. The summed E-state index contributed by atoms with van der Waals surface area (Å²) < 4.78 is 21.4. The Labute approximate surface area is 229 Å². The van der Waals surface area contributed by atoms with Gasteiger partial charge in [-0.2, -0.15) is 0 Å². The summed E-state index contributed by atoms with van der Waals surface area (Å²) in [5, 5.41) is 1.28. The fourth-order valence-corrected chi connectivity index (χ4v) is 6.55. The molecule has 38 heavy (non-hydrogen) atoms. The topological polar surface area (TPSA) is 73.1 Å². The van der Waals surface area contributed by atoms with Crippen molar-refractivity contribution in [3.05, 3.63) is 81.9 Å². The smallest absolute Gasteiger partial charge is 0.263 e. The molecule has 2 fully saturated rings. The van der Waals surface area contributed by atoms with E-state index in [0.29, 0.717) is 42.9 Å². The number of aromatic nitrogens is 4. The van der Waals surface area contributed by atoms with E-state index >= 15 is 0 Å². The Morgan fingerprint density at radius 2 is 1.95 bits per heavy atom. The summed E-state index contributed by atoms with van der Waals surface area (Å²) in [7, 11) is 0. The molecule has 2 aliphatic heterocycles. The molecule has 6 rings (SSSR count). The molecular weight excluding hydrogens is 525 g/mol. The van der Waals surface area contributed by atoms with Crippen LogP contribution in [-0.4, -0.2) is 45.3 Å². The van der Waals surface area contributed by atoms with Gasteiger partial charge in [0.25, 0.3) is 5.56 Å². The van der Waals surface area contributed by atoms with Gasteiger partial charge in [0.1, 0.15) is 16.7 Å². The van der Waals surface area contributed by atoms with E-state index in [1.54, 1.807) is 36.7 Å². The summed E-state index contributed by atoms with van der Waals surface area (Å²) in [6.07, 6.45) is 8.66. The van der Waals surface area contributed by atoms with E-state index in [-0.39, 0.29) is 17.9 Å². The first-order valence-corrected chi connectivity index (χ1v) is 13.9. The van der Waals surface area contributed by atoms with Gasteiger partial charge < -0.3 is 9.64 Å². The van der Waals surface area contributed by atoms with Crippen molar-refractivity contribution in [3.8, 4) is 0 Å². The van der Waals surface area contributed by atoms with E-state index in [1.165, 1.54) is 28.7 Å². The molecule has 196 valence electrons. The van der Waals surface area contributed by atoms with E-state index in [2.05, 4.69) is 26.8 Å². The predicted octanol–water partition coefficient (Wildman–Crippen LogP) is 5.57. The SMILES string of the molecule is C[C@H]1CC2(CCN(c3cnc(Sc4ccc5ncn(Cc6ccccc6F)c(=O)c5c4Cl)cn3)CC2)CO1. The predicted molar refractivity (Wildman–Crippen MR) is 147 cm³/mol. The van der Waals surface area contributed by atoms with Crippen LogP contribution in [0.25, 0.3) is 10.9 Å². The molecule has 1 atom stereocenters. The number of piperidine rings is 1. The Morgan fingerprint density at radius 3 is 2.66 bits per heavy atom. The van der Waals surface area contributed by atoms with Crippen LogP contribution < -0.4 is 10.5 Å². The van der Waals surface area contributed by atoms with Crippen molar-refractivity contribution < 1.29 is 9.13 Å². The van der Waals surface area contributed by atoms with E-state index in [0.717, 1.165) is 44.8 Å². The van der Waals surface area contributed by atoms with Crippen molar-refractivity contribution in [2.24, 2.45) is 5.41 Å². The molecule has 0 aliphatic carbocycles. The molecular formula is C28H27ClFN5O2S. The molecule has 0 bridgehead atoms. The standard InChI is InChI=1S/C28H27ClFN5O2S/c1-18-12-28(16-37-18)8-10-34(11-9-28)23-13-32-24(14-31-23)38-22-7-6-21-25(26(22)29)27(36)35(17-33-21)15-19-4-2-3-5-20(19)30/h2-7,13-14,17-18H,8-12,15-16H2,1H3/t18-/m0/s1. The third-order valence-corrected chi connectivity index (χ3v) is 9.05. The number of halogens is 2. The second kappa shape index (κ2) is 10.3. The van der Waals surface area contributed by atoms with Crippen molar-refractivity contribution in [1.82, 2.24) is 19.5 Å². The largest absolute Gasteiger partial charge is 0.378 e.